The van der Waals surface area contributed by atoms with Gasteiger partial charge in [0.25, 0.3) is 0 Å². The van der Waals surface area contributed by atoms with Crippen molar-refractivity contribution in [3.05, 3.63) is 61.0 Å². The molecule has 0 aliphatic heterocycles. The number of rotatable bonds is 10. The fraction of sp³-hybridized carbons (Fsp3) is 0.263. The van der Waals surface area contributed by atoms with Crippen molar-refractivity contribution in [3.63, 3.8) is 0 Å². The monoisotopic (exact) mass is 401 g/mol. The van der Waals surface area contributed by atoms with E-state index in [-0.39, 0.29) is 18.9 Å². The van der Waals surface area contributed by atoms with Crippen LogP contribution in [0.3, 0.4) is 0 Å². The number of hydrogen-bond donors (Lipinski definition) is 2. The summed E-state index contributed by atoms with van der Waals surface area (Å²) < 4.78 is 7.60. The van der Waals surface area contributed by atoms with Crippen LogP contribution in [0, 0.1) is 6.92 Å². The minimum atomic E-state index is -0.565. The SMILES string of the molecule is C=CCNC(=O)NC(=O)CSc1nnc(COc2cccc(C)c2)n1CC=C. The zero-order valence-corrected chi connectivity index (χ0v) is 16.5. The summed E-state index contributed by atoms with van der Waals surface area (Å²) in [6.45, 7) is 10.2. The Kier molecular flexibility index (Phi) is 8.29. The number of aryl methyl sites for hydroxylation is 1. The first-order valence-electron chi connectivity index (χ1n) is 8.57. The first-order valence-corrected chi connectivity index (χ1v) is 9.56. The minimum absolute atomic E-state index is 0.0233. The van der Waals surface area contributed by atoms with Crippen molar-refractivity contribution < 1.29 is 14.3 Å². The Morgan fingerprint density at radius 2 is 2.11 bits per heavy atom. The van der Waals surface area contributed by atoms with Gasteiger partial charge in [-0.15, -0.1) is 23.4 Å². The normalized spacial score (nSPS) is 10.2. The van der Waals surface area contributed by atoms with E-state index in [1.807, 2.05) is 35.8 Å². The van der Waals surface area contributed by atoms with Gasteiger partial charge in [-0.3, -0.25) is 14.7 Å². The van der Waals surface area contributed by atoms with Crippen LogP contribution in [0.25, 0.3) is 0 Å². The van der Waals surface area contributed by atoms with E-state index in [2.05, 4.69) is 34.0 Å². The molecule has 2 N–H and O–H groups in total. The van der Waals surface area contributed by atoms with Gasteiger partial charge in [0.2, 0.25) is 5.91 Å². The predicted molar refractivity (Wildman–Crippen MR) is 108 cm³/mol. The van der Waals surface area contributed by atoms with Crippen LogP contribution in [0.4, 0.5) is 4.79 Å². The lowest BCUT2D eigenvalue weighted by molar-refractivity contribution is -0.117. The van der Waals surface area contributed by atoms with Crippen LogP contribution in [0.15, 0.2) is 54.7 Å². The molecule has 0 aliphatic rings. The Bertz CT molecular complexity index is 850. The van der Waals surface area contributed by atoms with Gasteiger partial charge in [0, 0.05) is 13.1 Å². The third-order valence-corrected chi connectivity index (χ3v) is 4.42. The van der Waals surface area contributed by atoms with Crippen molar-refractivity contribution >= 4 is 23.7 Å². The van der Waals surface area contributed by atoms with Crippen LogP contribution in [0.1, 0.15) is 11.4 Å². The topological polar surface area (TPSA) is 98.1 Å². The summed E-state index contributed by atoms with van der Waals surface area (Å²) in [6, 6.07) is 7.16. The van der Waals surface area contributed by atoms with Crippen molar-refractivity contribution in [1.29, 1.82) is 0 Å². The highest BCUT2D eigenvalue weighted by Crippen LogP contribution is 2.19. The zero-order valence-electron chi connectivity index (χ0n) is 15.7. The molecule has 0 spiro atoms. The van der Waals surface area contributed by atoms with Gasteiger partial charge in [-0.05, 0) is 24.6 Å². The van der Waals surface area contributed by atoms with Gasteiger partial charge < -0.3 is 10.1 Å². The predicted octanol–water partition coefficient (Wildman–Crippen LogP) is 2.46. The number of amides is 3. The summed E-state index contributed by atoms with van der Waals surface area (Å²) in [4.78, 5) is 23.4. The second-order valence-electron chi connectivity index (χ2n) is 5.74. The van der Waals surface area contributed by atoms with Gasteiger partial charge in [-0.1, -0.05) is 36.0 Å². The van der Waals surface area contributed by atoms with Crippen molar-refractivity contribution in [3.8, 4) is 5.75 Å². The number of benzene rings is 1. The number of hydrogen-bond acceptors (Lipinski definition) is 6. The lowest BCUT2D eigenvalue weighted by atomic mass is 10.2. The Balaban J connectivity index is 1.95. The summed E-state index contributed by atoms with van der Waals surface area (Å²) >= 11 is 1.18. The highest BCUT2D eigenvalue weighted by molar-refractivity contribution is 7.99. The smallest absolute Gasteiger partial charge is 0.321 e. The molecule has 0 aliphatic carbocycles. The standard InChI is InChI=1S/C19H23N5O3S/c1-4-9-20-18(26)21-17(25)13-28-19-23-22-16(24(19)10-5-2)12-27-15-8-6-7-14(3)11-15/h4-8,11H,1-2,9-10,12-13H2,3H3,(H2,20,21,25,26). The second kappa shape index (κ2) is 10.9. The van der Waals surface area contributed by atoms with E-state index in [1.165, 1.54) is 17.8 Å². The third kappa shape index (κ3) is 6.58. The summed E-state index contributed by atoms with van der Waals surface area (Å²) in [5.41, 5.74) is 1.10. The molecule has 148 valence electrons. The number of nitrogens with one attached hydrogen (secondary N) is 2. The van der Waals surface area contributed by atoms with Crippen molar-refractivity contribution in [2.45, 2.75) is 25.2 Å². The molecule has 8 nitrogen and oxygen atoms in total. The Morgan fingerprint density at radius 1 is 1.29 bits per heavy atom. The molecule has 2 rings (SSSR count). The highest BCUT2D eigenvalue weighted by Gasteiger charge is 2.15. The number of imide groups is 1. The van der Waals surface area contributed by atoms with Crippen LogP contribution < -0.4 is 15.4 Å². The number of nitrogens with zero attached hydrogens (tertiary/aromatic N) is 3. The lowest BCUT2D eigenvalue weighted by Crippen LogP contribution is -2.40. The molecule has 1 aromatic carbocycles. The molecule has 0 saturated carbocycles. The maximum atomic E-state index is 11.9. The summed E-state index contributed by atoms with van der Waals surface area (Å²) in [6.07, 6.45) is 3.24. The molecule has 28 heavy (non-hydrogen) atoms. The first-order chi connectivity index (χ1) is 13.5. The lowest BCUT2D eigenvalue weighted by Gasteiger charge is -2.09. The minimum Gasteiger partial charge on any atom is -0.486 e. The maximum Gasteiger partial charge on any atom is 0.321 e. The molecule has 2 aromatic rings. The van der Waals surface area contributed by atoms with Crippen LogP contribution in [0.5, 0.6) is 5.75 Å². The molecule has 9 heteroatoms. The van der Waals surface area contributed by atoms with Gasteiger partial charge in [-0.25, -0.2) is 4.79 Å². The van der Waals surface area contributed by atoms with E-state index in [9.17, 15) is 9.59 Å². The van der Waals surface area contributed by atoms with E-state index in [0.29, 0.717) is 17.5 Å². The Hall–Kier alpha value is -3.07. The summed E-state index contributed by atoms with van der Waals surface area (Å²) in [5, 5.41) is 13.5. The molecular weight excluding hydrogens is 378 g/mol. The van der Waals surface area contributed by atoms with Gasteiger partial charge in [0.05, 0.1) is 5.75 Å². The number of ether oxygens (including phenoxy) is 1. The molecule has 0 atom stereocenters. The third-order valence-electron chi connectivity index (χ3n) is 3.45. The van der Waals surface area contributed by atoms with Crippen molar-refractivity contribution in [1.82, 2.24) is 25.4 Å². The first kappa shape index (κ1) is 21.2. The number of aromatic nitrogens is 3. The fourth-order valence-corrected chi connectivity index (χ4v) is 2.97. The van der Waals surface area contributed by atoms with E-state index in [1.54, 1.807) is 6.08 Å². The van der Waals surface area contributed by atoms with Crippen LogP contribution in [-0.2, 0) is 17.9 Å². The van der Waals surface area contributed by atoms with Gasteiger partial charge in [0.15, 0.2) is 11.0 Å². The fourth-order valence-electron chi connectivity index (χ4n) is 2.20. The maximum absolute atomic E-state index is 11.9. The van der Waals surface area contributed by atoms with Crippen molar-refractivity contribution in [2.75, 3.05) is 12.3 Å². The number of carbonyl (C=O) groups is 2. The molecule has 1 heterocycles. The zero-order chi connectivity index (χ0) is 20.4. The van der Waals surface area contributed by atoms with Crippen LogP contribution in [-0.4, -0.2) is 39.0 Å². The number of carbonyl (C=O) groups excluding carboxylic acids is 2. The molecular formula is C19H23N5O3S. The number of allylic oxidation sites excluding steroid dienone is 1. The molecule has 0 unspecified atom stereocenters. The molecule has 0 saturated heterocycles. The van der Waals surface area contributed by atoms with E-state index < -0.39 is 11.9 Å². The van der Waals surface area contributed by atoms with Gasteiger partial charge >= 0.3 is 6.03 Å². The molecule has 3 amide bonds. The highest BCUT2D eigenvalue weighted by atomic mass is 32.2. The average Bonchev–Trinajstić information content (AvgIpc) is 3.05. The van der Waals surface area contributed by atoms with Crippen LogP contribution >= 0.6 is 11.8 Å². The molecule has 0 radical (unpaired) electrons. The largest absolute Gasteiger partial charge is 0.486 e. The Morgan fingerprint density at radius 3 is 2.82 bits per heavy atom. The Labute approximate surface area is 168 Å². The van der Waals surface area contributed by atoms with Gasteiger partial charge in [0.1, 0.15) is 12.4 Å². The summed E-state index contributed by atoms with van der Waals surface area (Å²) in [5.74, 6) is 0.952. The van der Waals surface area contributed by atoms with E-state index in [0.717, 1.165) is 11.3 Å². The molecule has 1 aromatic heterocycles. The van der Waals surface area contributed by atoms with E-state index in [4.69, 9.17) is 4.74 Å². The van der Waals surface area contributed by atoms with Crippen LogP contribution in [0.2, 0.25) is 0 Å². The van der Waals surface area contributed by atoms with E-state index >= 15 is 0 Å². The van der Waals surface area contributed by atoms with Gasteiger partial charge in [-0.2, -0.15) is 0 Å². The quantitative estimate of drug-likeness (QED) is 0.469. The average molecular weight is 401 g/mol. The molecule has 0 bridgehead atoms. The second-order valence-corrected chi connectivity index (χ2v) is 6.68. The molecule has 0 fully saturated rings. The van der Waals surface area contributed by atoms with Crippen molar-refractivity contribution in [2.24, 2.45) is 0 Å². The number of thioether (sulfide) groups is 1. The number of urea groups is 1. The summed E-state index contributed by atoms with van der Waals surface area (Å²) in [7, 11) is 0.